The molecule has 16 heavy (non-hydrogen) atoms. The van der Waals surface area contributed by atoms with Crippen LogP contribution >= 0.6 is 0 Å². The van der Waals surface area contributed by atoms with Crippen LogP contribution in [0.3, 0.4) is 0 Å². The smallest absolute Gasteiger partial charge is 0.154 e. The van der Waals surface area contributed by atoms with E-state index in [-0.39, 0.29) is 17.5 Å². The third-order valence-corrected chi connectivity index (χ3v) is 4.46. The molecule has 0 radical (unpaired) electrons. The highest BCUT2D eigenvalue weighted by molar-refractivity contribution is 7.91. The molecular weight excluding hydrogens is 230 g/mol. The van der Waals surface area contributed by atoms with Crippen molar-refractivity contribution in [2.75, 3.05) is 24.6 Å². The van der Waals surface area contributed by atoms with Crippen molar-refractivity contribution in [3.8, 4) is 0 Å². The normalized spacial score (nSPS) is 29.9. The molecule has 1 aliphatic heterocycles. The summed E-state index contributed by atoms with van der Waals surface area (Å²) in [5.74, 6) is -0.182. The third-order valence-electron chi connectivity index (χ3n) is 2.76. The number of aliphatic hydroxyl groups excluding tert-OH is 1. The van der Waals surface area contributed by atoms with Crippen LogP contribution in [0.4, 0.5) is 0 Å². The summed E-state index contributed by atoms with van der Waals surface area (Å²) in [6, 6.07) is -0.388. The maximum Gasteiger partial charge on any atom is 0.154 e. The lowest BCUT2D eigenvalue weighted by molar-refractivity contribution is 0.00352. The van der Waals surface area contributed by atoms with Crippen LogP contribution in [0, 0.1) is 0 Å². The van der Waals surface area contributed by atoms with Crippen LogP contribution in [-0.2, 0) is 9.84 Å². The van der Waals surface area contributed by atoms with Gasteiger partial charge in [0, 0.05) is 6.54 Å². The van der Waals surface area contributed by atoms with Gasteiger partial charge in [0.2, 0.25) is 0 Å². The van der Waals surface area contributed by atoms with Crippen molar-refractivity contribution in [3.63, 3.8) is 0 Å². The predicted octanol–water partition coefficient (Wildman–Crippen LogP) is -0.763. The van der Waals surface area contributed by atoms with Crippen LogP contribution in [-0.4, -0.2) is 65.9 Å². The molecule has 0 aromatic heterocycles. The Morgan fingerprint density at radius 3 is 2.25 bits per heavy atom. The van der Waals surface area contributed by atoms with Gasteiger partial charge in [-0.15, -0.1) is 0 Å². The standard InChI is InChI=1S/C10H21NO4S/c1-4-11(7-10(2,3)13)8-5-16(14,15)6-9(8)12/h8-9,12-13H,4-7H2,1-3H3. The Morgan fingerprint density at radius 2 is 1.94 bits per heavy atom. The monoisotopic (exact) mass is 251 g/mol. The first-order valence-corrected chi connectivity index (χ1v) is 7.32. The summed E-state index contributed by atoms with van der Waals surface area (Å²) in [4.78, 5) is 1.83. The summed E-state index contributed by atoms with van der Waals surface area (Å²) >= 11 is 0. The molecule has 0 spiro atoms. The Bertz CT molecular complexity index is 333. The van der Waals surface area contributed by atoms with Gasteiger partial charge >= 0.3 is 0 Å². The summed E-state index contributed by atoms with van der Waals surface area (Å²) in [7, 11) is -3.13. The van der Waals surface area contributed by atoms with E-state index in [1.54, 1.807) is 13.8 Å². The predicted molar refractivity (Wildman–Crippen MR) is 62.0 cm³/mol. The zero-order valence-corrected chi connectivity index (χ0v) is 10.9. The average molecular weight is 251 g/mol. The SMILES string of the molecule is CCN(CC(C)(C)O)C1CS(=O)(=O)CC1O. The minimum atomic E-state index is -3.13. The molecule has 1 fully saturated rings. The summed E-state index contributed by atoms with van der Waals surface area (Å²) in [5, 5.41) is 19.4. The van der Waals surface area contributed by atoms with Crippen LogP contribution in [0.25, 0.3) is 0 Å². The van der Waals surface area contributed by atoms with Crippen molar-refractivity contribution in [1.82, 2.24) is 4.90 Å². The molecule has 2 atom stereocenters. The molecule has 0 bridgehead atoms. The third kappa shape index (κ3) is 3.69. The quantitative estimate of drug-likeness (QED) is 0.686. The van der Waals surface area contributed by atoms with E-state index in [2.05, 4.69) is 0 Å². The minimum Gasteiger partial charge on any atom is -0.390 e. The van der Waals surface area contributed by atoms with Gasteiger partial charge in [0.15, 0.2) is 9.84 Å². The van der Waals surface area contributed by atoms with Crippen molar-refractivity contribution >= 4 is 9.84 Å². The lowest BCUT2D eigenvalue weighted by atomic mass is 10.1. The molecule has 1 heterocycles. The number of nitrogens with zero attached hydrogens (tertiary/aromatic N) is 1. The van der Waals surface area contributed by atoms with E-state index in [1.807, 2.05) is 11.8 Å². The highest BCUT2D eigenvalue weighted by Gasteiger charge is 2.40. The number of hydrogen-bond acceptors (Lipinski definition) is 5. The average Bonchev–Trinajstić information content (AvgIpc) is 2.34. The molecule has 5 nitrogen and oxygen atoms in total. The Balaban J connectivity index is 2.75. The molecule has 2 N–H and O–H groups in total. The van der Waals surface area contributed by atoms with Crippen molar-refractivity contribution in [2.24, 2.45) is 0 Å². The fraction of sp³-hybridized carbons (Fsp3) is 1.00. The summed E-state index contributed by atoms with van der Waals surface area (Å²) in [6.07, 6.45) is -0.840. The number of hydrogen-bond donors (Lipinski definition) is 2. The van der Waals surface area contributed by atoms with Crippen LogP contribution in [0.5, 0.6) is 0 Å². The lowest BCUT2D eigenvalue weighted by Gasteiger charge is -2.33. The van der Waals surface area contributed by atoms with Crippen molar-refractivity contribution in [2.45, 2.75) is 38.5 Å². The van der Waals surface area contributed by atoms with Gasteiger partial charge in [0.1, 0.15) is 0 Å². The van der Waals surface area contributed by atoms with E-state index >= 15 is 0 Å². The maximum absolute atomic E-state index is 11.4. The van der Waals surface area contributed by atoms with E-state index in [4.69, 9.17) is 0 Å². The molecule has 96 valence electrons. The zero-order valence-electron chi connectivity index (χ0n) is 10.0. The van der Waals surface area contributed by atoms with Gasteiger partial charge in [0.25, 0.3) is 0 Å². The van der Waals surface area contributed by atoms with Gasteiger partial charge in [-0.1, -0.05) is 6.92 Å². The molecule has 0 saturated carbocycles. The van der Waals surface area contributed by atoms with E-state index < -0.39 is 21.5 Å². The Labute approximate surface area is 97.0 Å². The molecule has 0 aromatic rings. The van der Waals surface area contributed by atoms with Crippen molar-refractivity contribution in [3.05, 3.63) is 0 Å². The molecule has 0 aromatic carbocycles. The van der Waals surface area contributed by atoms with Gasteiger partial charge in [-0.2, -0.15) is 0 Å². The Morgan fingerprint density at radius 1 is 1.38 bits per heavy atom. The second-order valence-corrected chi connectivity index (χ2v) is 7.24. The van der Waals surface area contributed by atoms with Crippen LogP contribution in [0.2, 0.25) is 0 Å². The second kappa shape index (κ2) is 4.60. The maximum atomic E-state index is 11.4. The Hall–Kier alpha value is -0.170. The molecule has 1 rings (SSSR count). The molecule has 1 saturated heterocycles. The Kier molecular flexibility index (Phi) is 3.99. The first-order chi connectivity index (χ1) is 7.14. The highest BCUT2D eigenvalue weighted by Crippen LogP contribution is 2.20. The molecular formula is C10H21NO4S. The number of likely N-dealkylation sites (N-methyl/N-ethyl adjacent to an activating group) is 1. The van der Waals surface area contributed by atoms with Crippen LogP contribution in [0.1, 0.15) is 20.8 Å². The first-order valence-electron chi connectivity index (χ1n) is 5.49. The summed E-state index contributed by atoms with van der Waals surface area (Å²) in [6.45, 7) is 6.21. The van der Waals surface area contributed by atoms with Crippen molar-refractivity contribution in [1.29, 1.82) is 0 Å². The summed E-state index contributed by atoms with van der Waals surface area (Å²) in [5.41, 5.74) is -0.887. The number of rotatable bonds is 4. The largest absolute Gasteiger partial charge is 0.390 e. The van der Waals surface area contributed by atoms with Gasteiger partial charge < -0.3 is 10.2 Å². The van der Waals surface area contributed by atoms with Gasteiger partial charge in [-0.05, 0) is 20.4 Å². The van der Waals surface area contributed by atoms with Crippen molar-refractivity contribution < 1.29 is 18.6 Å². The number of aliphatic hydroxyl groups is 2. The number of sulfone groups is 1. The fourth-order valence-corrected chi connectivity index (χ4v) is 3.95. The highest BCUT2D eigenvalue weighted by atomic mass is 32.2. The molecule has 2 unspecified atom stereocenters. The molecule has 0 aliphatic carbocycles. The fourth-order valence-electron chi connectivity index (χ4n) is 2.12. The first kappa shape index (κ1) is 13.9. The van der Waals surface area contributed by atoms with Crippen LogP contribution in [0.15, 0.2) is 0 Å². The minimum absolute atomic E-state index is 0.0158. The molecule has 6 heteroatoms. The summed E-state index contributed by atoms with van der Waals surface area (Å²) < 4.78 is 22.8. The second-order valence-electron chi connectivity index (χ2n) is 5.09. The van der Waals surface area contributed by atoms with Gasteiger partial charge in [-0.25, -0.2) is 8.42 Å². The van der Waals surface area contributed by atoms with E-state index in [0.29, 0.717) is 13.1 Å². The molecule has 1 aliphatic rings. The topological polar surface area (TPSA) is 77.8 Å². The van der Waals surface area contributed by atoms with Gasteiger partial charge in [0.05, 0.1) is 29.3 Å². The van der Waals surface area contributed by atoms with E-state index in [1.165, 1.54) is 0 Å². The lowest BCUT2D eigenvalue weighted by Crippen LogP contribution is -2.49. The van der Waals surface area contributed by atoms with Crippen LogP contribution < -0.4 is 0 Å². The van der Waals surface area contributed by atoms with Gasteiger partial charge in [-0.3, -0.25) is 4.90 Å². The van der Waals surface area contributed by atoms with E-state index in [0.717, 1.165) is 0 Å². The molecule has 0 amide bonds. The van der Waals surface area contributed by atoms with E-state index in [9.17, 15) is 18.6 Å². The zero-order chi connectivity index (χ0) is 12.6.